The molecule has 21 heavy (non-hydrogen) atoms. The van der Waals surface area contributed by atoms with Crippen LogP contribution in [0.25, 0.3) is 0 Å². The minimum atomic E-state index is 0.152. The number of hydrogen-bond acceptors (Lipinski definition) is 5. The van der Waals surface area contributed by atoms with E-state index in [-0.39, 0.29) is 18.2 Å². The van der Waals surface area contributed by atoms with Gasteiger partial charge in [-0.3, -0.25) is 0 Å². The third-order valence-corrected chi connectivity index (χ3v) is 4.83. The van der Waals surface area contributed by atoms with Crippen LogP contribution in [0.5, 0.6) is 0 Å². The van der Waals surface area contributed by atoms with Gasteiger partial charge in [-0.25, -0.2) is 0 Å². The Balaban J connectivity index is 1.97. The van der Waals surface area contributed by atoms with E-state index in [4.69, 9.17) is 14.2 Å². The highest BCUT2D eigenvalue weighted by Crippen LogP contribution is 2.36. The van der Waals surface area contributed by atoms with Crippen LogP contribution in [0.15, 0.2) is 0 Å². The van der Waals surface area contributed by atoms with Crippen molar-refractivity contribution in [1.82, 2.24) is 14.8 Å². The van der Waals surface area contributed by atoms with E-state index in [2.05, 4.69) is 14.8 Å². The number of nitrogens with zero attached hydrogens (tertiary/aromatic N) is 3. The van der Waals surface area contributed by atoms with E-state index >= 15 is 0 Å². The molecular formula is C15H25N3O3. The third kappa shape index (κ3) is 2.72. The van der Waals surface area contributed by atoms with Gasteiger partial charge in [-0.05, 0) is 32.6 Å². The fourth-order valence-electron chi connectivity index (χ4n) is 3.72. The van der Waals surface area contributed by atoms with Gasteiger partial charge < -0.3 is 18.8 Å². The summed E-state index contributed by atoms with van der Waals surface area (Å²) in [6.45, 7) is 3.56. The van der Waals surface area contributed by atoms with Gasteiger partial charge in [0.15, 0.2) is 0 Å². The summed E-state index contributed by atoms with van der Waals surface area (Å²) in [5.41, 5.74) is 0. The highest BCUT2D eigenvalue weighted by molar-refractivity contribution is 5.08. The quantitative estimate of drug-likeness (QED) is 0.848. The molecule has 0 radical (unpaired) electrons. The molecule has 118 valence electrons. The largest absolute Gasteiger partial charge is 0.381 e. The molecule has 0 unspecified atom stereocenters. The first-order valence-corrected chi connectivity index (χ1v) is 7.81. The van der Waals surface area contributed by atoms with Crippen molar-refractivity contribution < 1.29 is 14.2 Å². The molecule has 0 aromatic carbocycles. The summed E-state index contributed by atoms with van der Waals surface area (Å²) < 4.78 is 19.3. The number of hydrogen-bond donors (Lipinski definition) is 0. The standard InChI is InChI=1S/C15H25N3O3/c1-10-16-17-15(11-7-8-21-9-11)18(10)14-12(19-2)5-4-6-13(14)20-3/h11-14H,4-9H2,1-3H3/t11-,12-,13+,14+/m1/s1. The van der Waals surface area contributed by atoms with Crippen molar-refractivity contribution in [2.75, 3.05) is 27.4 Å². The van der Waals surface area contributed by atoms with E-state index < -0.39 is 0 Å². The van der Waals surface area contributed by atoms with Crippen LogP contribution in [0, 0.1) is 6.92 Å². The summed E-state index contributed by atoms with van der Waals surface area (Å²) in [6, 6.07) is 0.152. The maximum atomic E-state index is 5.74. The molecule has 2 heterocycles. The number of ether oxygens (including phenoxy) is 3. The normalized spacial score (nSPS) is 33.5. The van der Waals surface area contributed by atoms with Gasteiger partial charge in [0.1, 0.15) is 11.6 Å². The summed E-state index contributed by atoms with van der Waals surface area (Å²) in [5, 5.41) is 8.75. The maximum Gasteiger partial charge on any atom is 0.138 e. The summed E-state index contributed by atoms with van der Waals surface area (Å²) in [6.07, 6.45) is 4.56. The Labute approximate surface area is 125 Å². The first-order valence-electron chi connectivity index (χ1n) is 7.81. The molecule has 1 saturated carbocycles. The van der Waals surface area contributed by atoms with Gasteiger partial charge in [-0.1, -0.05) is 0 Å². The second-order valence-corrected chi connectivity index (χ2v) is 6.01. The SMILES string of the molecule is CO[C@H]1CCC[C@@H](OC)[C@@H]1n1c(C)nnc1[C@@H]1CCOC1. The number of aromatic nitrogens is 3. The van der Waals surface area contributed by atoms with Gasteiger partial charge in [0, 0.05) is 26.7 Å². The predicted octanol–water partition coefficient (Wildman–Crippen LogP) is 1.85. The van der Waals surface area contributed by atoms with Crippen molar-refractivity contribution in [2.24, 2.45) is 0 Å². The summed E-state index contributed by atoms with van der Waals surface area (Å²) >= 11 is 0. The van der Waals surface area contributed by atoms with E-state index in [1.54, 1.807) is 14.2 Å². The lowest BCUT2D eigenvalue weighted by Gasteiger charge is -2.38. The second kappa shape index (κ2) is 6.42. The molecule has 1 aromatic rings. The highest BCUT2D eigenvalue weighted by Gasteiger charge is 2.39. The van der Waals surface area contributed by atoms with Gasteiger partial charge in [0.2, 0.25) is 0 Å². The molecule has 0 spiro atoms. The van der Waals surface area contributed by atoms with Crippen LogP contribution in [-0.4, -0.2) is 54.4 Å². The van der Waals surface area contributed by atoms with E-state index in [1.165, 1.54) is 0 Å². The third-order valence-electron chi connectivity index (χ3n) is 4.83. The van der Waals surface area contributed by atoms with Crippen molar-refractivity contribution in [3.63, 3.8) is 0 Å². The summed E-state index contributed by atoms with van der Waals surface area (Å²) in [4.78, 5) is 0. The summed E-state index contributed by atoms with van der Waals surface area (Å²) in [5.74, 6) is 2.30. The molecule has 3 rings (SSSR count). The summed E-state index contributed by atoms with van der Waals surface area (Å²) in [7, 11) is 3.57. The Kier molecular flexibility index (Phi) is 4.57. The van der Waals surface area contributed by atoms with Crippen LogP contribution in [-0.2, 0) is 14.2 Å². The van der Waals surface area contributed by atoms with Crippen molar-refractivity contribution >= 4 is 0 Å². The molecule has 1 saturated heterocycles. The van der Waals surface area contributed by atoms with Gasteiger partial charge >= 0.3 is 0 Å². The minimum absolute atomic E-state index is 0.152. The Morgan fingerprint density at radius 1 is 1.10 bits per heavy atom. The van der Waals surface area contributed by atoms with E-state index in [9.17, 15) is 0 Å². The molecular weight excluding hydrogens is 270 g/mol. The van der Waals surface area contributed by atoms with Gasteiger partial charge in [-0.2, -0.15) is 0 Å². The predicted molar refractivity (Wildman–Crippen MR) is 77.4 cm³/mol. The molecule has 1 aromatic heterocycles. The second-order valence-electron chi connectivity index (χ2n) is 6.01. The first kappa shape index (κ1) is 14.9. The average Bonchev–Trinajstić information content (AvgIpc) is 3.15. The Morgan fingerprint density at radius 2 is 1.81 bits per heavy atom. The highest BCUT2D eigenvalue weighted by atomic mass is 16.5. The van der Waals surface area contributed by atoms with Crippen LogP contribution in [0.1, 0.15) is 49.3 Å². The zero-order valence-corrected chi connectivity index (χ0v) is 13.1. The first-order chi connectivity index (χ1) is 10.3. The number of rotatable bonds is 4. The molecule has 4 atom stereocenters. The number of aryl methyl sites for hydroxylation is 1. The van der Waals surface area contributed by atoms with E-state index in [0.717, 1.165) is 50.5 Å². The molecule has 2 aliphatic rings. The Bertz CT molecular complexity index is 459. The molecule has 0 amide bonds. The fraction of sp³-hybridized carbons (Fsp3) is 0.867. The molecule has 1 aliphatic carbocycles. The number of methoxy groups -OCH3 is 2. The van der Waals surface area contributed by atoms with Crippen molar-refractivity contribution in [2.45, 2.75) is 56.8 Å². The molecule has 0 N–H and O–H groups in total. The molecule has 0 bridgehead atoms. The Morgan fingerprint density at radius 3 is 2.38 bits per heavy atom. The van der Waals surface area contributed by atoms with Crippen LogP contribution < -0.4 is 0 Å². The monoisotopic (exact) mass is 295 g/mol. The van der Waals surface area contributed by atoms with E-state index in [1.807, 2.05) is 6.92 Å². The smallest absolute Gasteiger partial charge is 0.138 e. The van der Waals surface area contributed by atoms with Gasteiger partial charge in [0.05, 0.1) is 24.9 Å². The Hall–Kier alpha value is -0.980. The lowest BCUT2D eigenvalue weighted by molar-refractivity contribution is -0.0577. The van der Waals surface area contributed by atoms with Crippen LogP contribution in [0.3, 0.4) is 0 Å². The van der Waals surface area contributed by atoms with Crippen molar-refractivity contribution in [3.05, 3.63) is 11.6 Å². The van der Waals surface area contributed by atoms with Crippen LogP contribution in [0.4, 0.5) is 0 Å². The van der Waals surface area contributed by atoms with Crippen LogP contribution >= 0.6 is 0 Å². The zero-order valence-electron chi connectivity index (χ0n) is 13.1. The van der Waals surface area contributed by atoms with Crippen molar-refractivity contribution in [3.8, 4) is 0 Å². The lowest BCUT2D eigenvalue weighted by Crippen LogP contribution is -2.41. The zero-order chi connectivity index (χ0) is 14.8. The maximum absolute atomic E-state index is 5.74. The molecule has 6 nitrogen and oxygen atoms in total. The molecule has 6 heteroatoms. The minimum Gasteiger partial charge on any atom is -0.381 e. The van der Waals surface area contributed by atoms with Gasteiger partial charge in [-0.15, -0.1) is 10.2 Å². The fourth-order valence-corrected chi connectivity index (χ4v) is 3.72. The van der Waals surface area contributed by atoms with Crippen LogP contribution in [0.2, 0.25) is 0 Å². The average molecular weight is 295 g/mol. The van der Waals surface area contributed by atoms with Gasteiger partial charge in [0.25, 0.3) is 0 Å². The van der Waals surface area contributed by atoms with Crippen molar-refractivity contribution in [1.29, 1.82) is 0 Å². The topological polar surface area (TPSA) is 58.4 Å². The van der Waals surface area contributed by atoms with E-state index in [0.29, 0.717) is 5.92 Å². The molecule has 2 fully saturated rings. The molecule has 1 aliphatic heterocycles. The lowest BCUT2D eigenvalue weighted by atomic mass is 9.88.